The quantitative estimate of drug-likeness (QED) is 0.0612. The van der Waals surface area contributed by atoms with E-state index in [1.165, 1.54) is 18.3 Å². The molecule has 17 heteroatoms. The minimum atomic E-state index is -4.77. The number of hydrogen-bond acceptors (Lipinski definition) is 9. The predicted molar refractivity (Wildman–Crippen MR) is 171 cm³/mol. The van der Waals surface area contributed by atoms with Gasteiger partial charge >= 0.3 is 19.9 Å². The standard InChI is InChI=1S/C30H35N6O10P/c1-5-13-32-27(37)21-8-7-18(3)24(14-21)35-26(34-16-31)25-19(4)23(15-33-25)28(38)36(6-2)30(40)45-17-44-29(39)20-9-11-22(12-10-20)46-47(41,42)43/h7-12,14-16,33H,5-6,13,17H2,1-4H3,(H,32,37)(H2,31,34,35)(H2,41,42,43). The lowest BCUT2D eigenvalue weighted by atomic mass is 10.1. The first-order valence-corrected chi connectivity index (χ1v) is 15.7. The smallest absolute Gasteiger partial charge is 0.424 e. The molecule has 0 bridgehead atoms. The Kier molecular flexibility index (Phi) is 12.5. The van der Waals surface area contributed by atoms with E-state index in [9.17, 15) is 23.7 Å². The number of benzene rings is 2. The second kappa shape index (κ2) is 16.3. The van der Waals surface area contributed by atoms with Gasteiger partial charge in [-0.15, -0.1) is 0 Å². The van der Waals surface area contributed by atoms with Crippen LogP contribution in [0.3, 0.4) is 0 Å². The van der Waals surface area contributed by atoms with E-state index < -0.39 is 32.6 Å². The number of imide groups is 1. The number of esters is 1. The summed E-state index contributed by atoms with van der Waals surface area (Å²) in [5.74, 6) is -1.92. The molecule has 0 saturated carbocycles. The minimum absolute atomic E-state index is 0.0164. The summed E-state index contributed by atoms with van der Waals surface area (Å²) in [6.07, 6.45) is 2.12. The van der Waals surface area contributed by atoms with Gasteiger partial charge in [0.05, 0.1) is 28.8 Å². The van der Waals surface area contributed by atoms with E-state index in [1.807, 2.05) is 13.8 Å². The SMILES string of the molecule is CCCNC(=O)c1ccc(C)c(N=C(N=CN)c2[nH]cc(C(=O)N(CC)C(=O)OCOC(=O)c3ccc(OP(=O)(O)O)cc3)c2C)c1. The zero-order chi connectivity index (χ0) is 34.7. The Balaban J connectivity index is 1.73. The Morgan fingerprint density at radius 3 is 2.34 bits per heavy atom. The van der Waals surface area contributed by atoms with Crippen molar-refractivity contribution in [2.75, 3.05) is 19.9 Å². The summed E-state index contributed by atoms with van der Waals surface area (Å²) in [5.41, 5.74) is 8.05. The van der Waals surface area contributed by atoms with Gasteiger partial charge in [0.1, 0.15) is 5.75 Å². The second-order valence-corrected chi connectivity index (χ2v) is 11.0. The van der Waals surface area contributed by atoms with Crippen LogP contribution < -0.4 is 15.6 Å². The van der Waals surface area contributed by atoms with E-state index in [0.717, 1.165) is 35.4 Å². The Labute approximate surface area is 269 Å². The molecule has 3 rings (SSSR count). The first-order valence-electron chi connectivity index (χ1n) is 14.2. The van der Waals surface area contributed by atoms with E-state index in [1.54, 1.807) is 32.0 Å². The number of aryl methyl sites for hydroxylation is 1. The molecule has 0 aliphatic carbocycles. The van der Waals surface area contributed by atoms with E-state index in [2.05, 4.69) is 24.8 Å². The van der Waals surface area contributed by atoms with Crippen LogP contribution in [0.25, 0.3) is 0 Å². The highest BCUT2D eigenvalue weighted by molar-refractivity contribution is 7.46. The van der Waals surface area contributed by atoms with Crippen molar-refractivity contribution >= 4 is 49.6 Å². The van der Waals surface area contributed by atoms with Crippen molar-refractivity contribution in [3.05, 3.63) is 82.2 Å². The van der Waals surface area contributed by atoms with Gasteiger partial charge in [-0.3, -0.25) is 19.4 Å². The van der Waals surface area contributed by atoms with Crippen molar-refractivity contribution < 1.29 is 47.5 Å². The molecule has 0 spiro atoms. The Morgan fingerprint density at radius 2 is 1.72 bits per heavy atom. The molecular formula is C30H35N6O10P. The average Bonchev–Trinajstić information content (AvgIpc) is 3.41. The Bertz CT molecular complexity index is 1730. The fourth-order valence-electron chi connectivity index (χ4n) is 4.08. The molecule has 0 radical (unpaired) electrons. The fraction of sp³-hybridized carbons (Fsp3) is 0.267. The number of rotatable bonds is 12. The molecule has 0 aliphatic rings. The molecule has 3 aromatic rings. The summed E-state index contributed by atoms with van der Waals surface area (Å²) in [6, 6.07) is 9.73. The predicted octanol–water partition coefficient (Wildman–Crippen LogP) is 3.72. The summed E-state index contributed by atoms with van der Waals surface area (Å²) in [4.78, 5) is 81.1. The molecule has 16 nitrogen and oxygen atoms in total. The molecule has 47 heavy (non-hydrogen) atoms. The summed E-state index contributed by atoms with van der Waals surface area (Å²) in [6.45, 7) is 6.55. The van der Waals surface area contributed by atoms with Crippen molar-refractivity contribution in [2.45, 2.75) is 34.1 Å². The van der Waals surface area contributed by atoms with Crippen LogP contribution >= 0.6 is 7.82 Å². The third kappa shape index (κ3) is 9.84. The highest BCUT2D eigenvalue weighted by Gasteiger charge is 2.27. The van der Waals surface area contributed by atoms with E-state index in [-0.39, 0.29) is 35.2 Å². The molecule has 0 saturated heterocycles. The number of nitrogens with two attached hydrogens (primary N) is 1. The molecule has 0 aliphatic heterocycles. The van der Waals surface area contributed by atoms with Gasteiger partial charge in [-0.25, -0.2) is 29.0 Å². The molecule has 1 heterocycles. The molecule has 0 atom stereocenters. The molecule has 250 valence electrons. The first-order chi connectivity index (χ1) is 22.3. The topological polar surface area (TPSA) is 235 Å². The average molecular weight is 671 g/mol. The number of amides is 3. The van der Waals surface area contributed by atoms with Gasteiger partial charge in [0.2, 0.25) is 6.79 Å². The number of aliphatic imine (C=N–C) groups is 2. The molecule has 2 aromatic carbocycles. The largest absolute Gasteiger partial charge is 0.524 e. The second-order valence-electron chi connectivity index (χ2n) is 9.79. The van der Waals surface area contributed by atoms with Crippen LogP contribution in [-0.4, -0.2) is 75.6 Å². The van der Waals surface area contributed by atoms with Gasteiger partial charge in [0.25, 0.3) is 11.8 Å². The van der Waals surface area contributed by atoms with Crippen LogP contribution in [0.1, 0.15) is 68.2 Å². The lowest BCUT2D eigenvalue weighted by Crippen LogP contribution is -2.37. The van der Waals surface area contributed by atoms with Crippen molar-refractivity contribution in [1.82, 2.24) is 15.2 Å². The molecule has 6 N–H and O–H groups in total. The van der Waals surface area contributed by atoms with Crippen LogP contribution in [0.15, 0.2) is 58.6 Å². The maximum absolute atomic E-state index is 13.4. The lowest BCUT2D eigenvalue weighted by Gasteiger charge is -2.18. The number of phosphoric acid groups is 1. The van der Waals surface area contributed by atoms with Crippen molar-refractivity contribution in [1.29, 1.82) is 0 Å². The van der Waals surface area contributed by atoms with Crippen LogP contribution in [-0.2, 0) is 14.0 Å². The lowest BCUT2D eigenvalue weighted by molar-refractivity contribution is -0.0102. The third-order valence-corrected chi connectivity index (χ3v) is 6.94. The number of aromatic amines is 1. The maximum Gasteiger partial charge on any atom is 0.524 e. The van der Waals surface area contributed by atoms with Crippen LogP contribution in [0.4, 0.5) is 10.5 Å². The Morgan fingerprint density at radius 1 is 1.04 bits per heavy atom. The molecule has 3 amide bonds. The highest BCUT2D eigenvalue weighted by Crippen LogP contribution is 2.37. The zero-order valence-corrected chi connectivity index (χ0v) is 26.9. The van der Waals surface area contributed by atoms with Crippen LogP contribution in [0.5, 0.6) is 5.75 Å². The molecule has 1 aromatic heterocycles. The third-order valence-electron chi connectivity index (χ3n) is 6.49. The van der Waals surface area contributed by atoms with Gasteiger partial charge in [0.15, 0.2) is 5.84 Å². The van der Waals surface area contributed by atoms with Gasteiger partial charge in [0, 0.05) is 24.8 Å². The van der Waals surface area contributed by atoms with E-state index in [0.29, 0.717) is 29.1 Å². The maximum atomic E-state index is 13.4. The van der Waals surface area contributed by atoms with Gasteiger partial charge in [-0.2, -0.15) is 0 Å². The monoisotopic (exact) mass is 670 g/mol. The Hall–Kier alpha value is -5.31. The number of amidine groups is 1. The van der Waals surface area contributed by atoms with Crippen molar-refractivity contribution in [3.63, 3.8) is 0 Å². The normalized spacial score (nSPS) is 11.7. The number of carbonyl (C=O) groups is 4. The fourth-order valence-corrected chi connectivity index (χ4v) is 4.48. The number of ether oxygens (including phenoxy) is 2. The van der Waals surface area contributed by atoms with Crippen molar-refractivity contribution in [3.8, 4) is 5.75 Å². The number of aromatic nitrogens is 1. The number of hydrogen-bond donors (Lipinski definition) is 5. The molecule has 0 fully saturated rings. The van der Waals surface area contributed by atoms with Gasteiger partial charge in [-0.1, -0.05) is 13.0 Å². The molecule has 0 unspecified atom stereocenters. The highest BCUT2D eigenvalue weighted by atomic mass is 31.2. The van der Waals surface area contributed by atoms with Gasteiger partial charge in [-0.05, 0) is 74.7 Å². The van der Waals surface area contributed by atoms with E-state index in [4.69, 9.17) is 25.0 Å². The van der Waals surface area contributed by atoms with Crippen LogP contribution in [0, 0.1) is 13.8 Å². The summed E-state index contributed by atoms with van der Waals surface area (Å²) >= 11 is 0. The van der Waals surface area contributed by atoms with Crippen LogP contribution in [0.2, 0.25) is 0 Å². The number of H-pyrrole nitrogens is 1. The summed E-state index contributed by atoms with van der Waals surface area (Å²) in [7, 11) is -4.77. The number of nitrogens with zero attached hydrogens (tertiary/aromatic N) is 3. The number of phosphoric ester groups is 1. The number of carbonyl (C=O) groups excluding carboxylic acids is 4. The zero-order valence-electron chi connectivity index (χ0n) is 26.1. The minimum Gasteiger partial charge on any atom is -0.424 e. The summed E-state index contributed by atoms with van der Waals surface area (Å²) in [5, 5.41) is 2.82. The summed E-state index contributed by atoms with van der Waals surface area (Å²) < 4.78 is 25.2. The molecular weight excluding hydrogens is 635 g/mol. The number of nitrogens with one attached hydrogen (secondary N) is 2. The first kappa shape index (κ1) is 36.2. The van der Waals surface area contributed by atoms with Crippen molar-refractivity contribution in [2.24, 2.45) is 15.7 Å². The van der Waals surface area contributed by atoms with E-state index >= 15 is 0 Å². The van der Waals surface area contributed by atoms with Gasteiger partial charge < -0.3 is 30.0 Å².